The Morgan fingerprint density at radius 3 is 2.94 bits per heavy atom. The van der Waals surface area contributed by atoms with Crippen LogP contribution in [-0.2, 0) is 0 Å². The highest BCUT2D eigenvalue weighted by Crippen LogP contribution is 2.20. The quantitative estimate of drug-likeness (QED) is 0.672. The van der Waals surface area contributed by atoms with E-state index in [0.29, 0.717) is 5.71 Å². The molecule has 1 aromatic heterocycles. The summed E-state index contributed by atoms with van der Waals surface area (Å²) in [4.78, 5) is 4.34. The Morgan fingerprint density at radius 2 is 2.19 bits per heavy atom. The third kappa shape index (κ3) is 2.24. The predicted molar refractivity (Wildman–Crippen MR) is 76.2 cm³/mol. The maximum Gasteiger partial charge on any atom is 0.0719 e. The fraction of sp³-hybridized carbons (Fsp3) is 0.231. The van der Waals surface area contributed by atoms with Crippen molar-refractivity contribution in [2.45, 2.75) is 19.8 Å². The average molecular weight is 324 g/mol. The van der Waals surface area contributed by atoms with Crippen LogP contribution in [0.5, 0.6) is 0 Å². The third-order valence-electron chi connectivity index (χ3n) is 2.53. The second kappa shape index (κ2) is 4.91. The van der Waals surface area contributed by atoms with Gasteiger partial charge in [0.1, 0.15) is 0 Å². The molecule has 0 spiro atoms. The van der Waals surface area contributed by atoms with Crippen molar-refractivity contribution in [3.63, 3.8) is 0 Å². The van der Waals surface area contributed by atoms with E-state index in [1.165, 1.54) is 3.57 Å². The Balaban J connectivity index is 2.58. The van der Waals surface area contributed by atoms with Gasteiger partial charge in [-0.25, -0.2) is 0 Å². The van der Waals surface area contributed by atoms with Crippen LogP contribution in [0.4, 0.5) is 0 Å². The van der Waals surface area contributed by atoms with Crippen LogP contribution in [0.2, 0.25) is 0 Å². The molecule has 0 amide bonds. The maximum atomic E-state index is 8.04. The number of pyridine rings is 1. The van der Waals surface area contributed by atoms with Crippen molar-refractivity contribution < 1.29 is 0 Å². The van der Waals surface area contributed by atoms with Crippen LogP contribution < -0.4 is 0 Å². The highest BCUT2D eigenvalue weighted by atomic mass is 127. The first-order valence-corrected chi connectivity index (χ1v) is 6.42. The molecule has 1 heterocycles. The van der Waals surface area contributed by atoms with Crippen molar-refractivity contribution in [1.29, 1.82) is 5.41 Å². The molecule has 1 N–H and O–H groups in total. The summed E-state index contributed by atoms with van der Waals surface area (Å²) >= 11 is 2.28. The average Bonchev–Trinajstić information content (AvgIpc) is 2.28. The Bertz CT molecular complexity index is 534. The molecule has 2 nitrogen and oxygen atoms in total. The van der Waals surface area contributed by atoms with Crippen molar-refractivity contribution in [3.05, 3.63) is 39.6 Å². The molecule has 0 saturated carbocycles. The van der Waals surface area contributed by atoms with Gasteiger partial charge in [0.15, 0.2) is 0 Å². The lowest BCUT2D eigenvalue weighted by atomic mass is 10.0. The molecule has 0 aliphatic rings. The molecule has 2 rings (SSSR count). The number of fused-ring (bicyclic) bond motifs is 1. The Labute approximate surface area is 109 Å². The molecule has 0 saturated heterocycles. The molecule has 0 bridgehead atoms. The van der Waals surface area contributed by atoms with Gasteiger partial charge in [-0.05, 0) is 47.2 Å². The summed E-state index contributed by atoms with van der Waals surface area (Å²) in [5.74, 6) is 0. The fourth-order valence-corrected chi connectivity index (χ4v) is 2.24. The summed E-state index contributed by atoms with van der Waals surface area (Å²) in [6.07, 6.45) is 3.62. The molecule has 0 fully saturated rings. The fourth-order valence-electron chi connectivity index (χ4n) is 1.77. The molecule has 0 radical (unpaired) electrons. The van der Waals surface area contributed by atoms with Crippen molar-refractivity contribution in [3.8, 4) is 0 Å². The van der Waals surface area contributed by atoms with Gasteiger partial charge in [-0.15, -0.1) is 0 Å². The number of nitrogens with one attached hydrogen (secondary N) is 1. The zero-order valence-electron chi connectivity index (χ0n) is 9.13. The van der Waals surface area contributed by atoms with E-state index in [-0.39, 0.29) is 0 Å². The van der Waals surface area contributed by atoms with E-state index < -0.39 is 0 Å². The lowest BCUT2D eigenvalue weighted by Crippen LogP contribution is -2.00. The smallest absolute Gasteiger partial charge is 0.0719 e. The second-order valence-corrected chi connectivity index (χ2v) is 4.99. The zero-order valence-corrected chi connectivity index (χ0v) is 11.3. The summed E-state index contributed by atoms with van der Waals surface area (Å²) < 4.78 is 1.18. The summed E-state index contributed by atoms with van der Waals surface area (Å²) in [7, 11) is 0. The van der Waals surface area contributed by atoms with Gasteiger partial charge in [-0.3, -0.25) is 4.98 Å². The Kier molecular flexibility index (Phi) is 3.53. The number of halogens is 1. The molecule has 2 aromatic rings. The van der Waals surface area contributed by atoms with Gasteiger partial charge in [0.25, 0.3) is 0 Å². The minimum atomic E-state index is 0.705. The Hall–Kier alpha value is -0.970. The molecular weight excluding hydrogens is 311 g/mol. The topological polar surface area (TPSA) is 36.7 Å². The largest absolute Gasteiger partial charge is 0.305 e. The van der Waals surface area contributed by atoms with Crippen molar-refractivity contribution in [2.75, 3.05) is 0 Å². The van der Waals surface area contributed by atoms with Gasteiger partial charge >= 0.3 is 0 Å². The molecule has 0 aliphatic carbocycles. The van der Waals surface area contributed by atoms with E-state index >= 15 is 0 Å². The van der Waals surface area contributed by atoms with Crippen molar-refractivity contribution in [1.82, 2.24) is 4.98 Å². The highest BCUT2D eigenvalue weighted by molar-refractivity contribution is 14.1. The van der Waals surface area contributed by atoms with Crippen LogP contribution in [0.3, 0.4) is 0 Å². The molecule has 0 unspecified atom stereocenters. The van der Waals surface area contributed by atoms with E-state index in [1.54, 1.807) is 6.20 Å². The molecular formula is C13H13IN2. The van der Waals surface area contributed by atoms with Gasteiger partial charge in [0.2, 0.25) is 0 Å². The molecule has 0 atom stereocenters. The van der Waals surface area contributed by atoms with Gasteiger partial charge in [-0.1, -0.05) is 19.4 Å². The normalized spacial score (nSPS) is 10.6. The van der Waals surface area contributed by atoms with Crippen LogP contribution in [0.15, 0.2) is 30.5 Å². The summed E-state index contributed by atoms with van der Waals surface area (Å²) in [6.45, 7) is 2.10. The van der Waals surface area contributed by atoms with Crippen LogP contribution in [-0.4, -0.2) is 10.7 Å². The van der Waals surface area contributed by atoms with Gasteiger partial charge < -0.3 is 5.41 Å². The lowest BCUT2D eigenvalue weighted by molar-refractivity contribution is 0.987. The van der Waals surface area contributed by atoms with Crippen LogP contribution >= 0.6 is 22.6 Å². The number of hydrogen-bond donors (Lipinski definition) is 1. The standard InChI is InChI=1S/C13H13IN2/c1-2-3-12(15)10-6-7-16-13-8-9(14)4-5-11(10)13/h4-8,15H,2-3H2,1H3. The first-order valence-electron chi connectivity index (χ1n) is 5.34. The number of nitrogens with zero attached hydrogens (tertiary/aromatic N) is 1. The maximum absolute atomic E-state index is 8.04. The van der Waals surface area contributed by atoms with E-state index in [1.807, 2.05) is 6.07 Å². The number of aromatic nitrogens is 1. The van der Waals surface area contributed by atoms with E-state index in [9.17, 15) is 0 Å². The number of benzene rings is 1. The van der Waals surface area contributed by atoms with Crippen LogP contribution in [0.25, 0.3) is 10.9 Å². The van der Waals surface area contributed by atoms with E-state index in [0.717, 1.165) is 29.3 Å². The second-order valence-electron chi connectivity index (χ2n) is 3.75. The SMILES string of the molecule is CCCC(=N)c1ccnc2cc(I)ccc12. The zero-order chi connectivity index (χ0) is 11.5. The minimum absolute atomic E-state index is 0.705. The van der Waals surface area contributed by atoms with Crippen molar-refractivity contribution in [2.24, 2.45) is 0 Å². The highest BCUT2D eigenvalue weighted by Gasteiger charge is 2.06. The first-order chi connectivity index (χ1) is 7.72. The summed E-state index contributed by atoms with van der Waals surface area (Å²) in [5.41, 5.74) is 2.70. The van der Waals surface area contributed by atoms with Crippen molar-refractivity contribution >= 4 is 39.2 Å². The molecule has 1 aromatic carbocycles. The third-order valence-corrected chi connectivity index (χ3v) is 3.20. The van der Waals surface area contributed by atoms with Gasteiger partial charge in [-0.2, -0.15) is 0 Å². The molecule has 0 aliphatic heterocycles. The monoisotopic (exact) mass is 324 g/mol. The number of hydrogen-bond acceptors (Lipinski definition) is 2. The molecule has 82 valence electrons. The predicted octanol–water partition coefficient (Wildman–Crippen LogP) is 4.01. The lowest BCUT2D eigenvalue weighted by Gasteiger charge is -2.06. The van der Waals surface area contributed by atoms with Gasteiger partial charge in [0.05, 0.1) is 5.52 Å². The minimum Gasteiger partial charge on any atom is -0.305 e. The van der Waals surface area contributed by atoms with E-state index in [2.05, 4.69) is 52.7 Å². The van der Waals surface area contributed by atoms with Gasteiger partial charge in [0, 0.05) is 26.4 Å². The summed E-state index contributed by atoms with van der Waals surface area (Å²) in [6, 6.07) is 8.11. The van der Waals surface area contributed by atoms with Crippen LogP contribution in [0.1, 0.15) is 25.3 Å². The van der Waals surface area contributed by atoms with Crippen LogP contribution in [0, 0.1) is 8.98 Å². The first kappa shape index (κ1) is 11.5. The molecule has 16 heavy (non-hydrogen) atoms. The summed E-state index contributed by atoms with van der Waals surface area (Å²) in [5, 5.41) is 9.12. The van der Waals surface area contributed by atoms with E-state index in [4.69, 9.17) is 5.41 Å². The molecule has 3 heteroatoms. The number of rotatable bonds is 3. The Morgan fingerprint density at radius 1 is 1.38 bits per heavy atom.